The van der Waals surface area contributed by atoms with Gasteiger partial charge in [0.25, 0.3) is 10.0 Å². The number of ether oxygens (including phenoxy) is 1. The Kier molecular flexibility index (Phi) is 4.63. The van der Waals surface area contributed by atoms with E-state index in [-0.39, 0.29) is 11.6 Å². The maximum absolute atomic E-state index is 11.7. The van der Waals surface area contributed by atoms with Crippen molar-refractivity contribution in [2.24, 2.45) is 0 Å². The Morgan fingerprint density at radius 1 is 1.65 bits per heavy atom. The van der Waals surface area contributed by atoms with Crippen LogP contribution in [0.5, 0.6) is 0 Å². The summed E-state index contributed by atoms with van der Waals surface area (Å²) in [6, 6.07) is 1.34. The lowest BCUT2D eigenvalue weighted by molar-refractivity contribution is 0.0292. The van der Waals surface area contributed by atoms with Crippen molar-refractivity contribution in [2.75, 3.05) is 20.3 Å². The predicted octanol–water partition coefficient (Wildman–Crippen LogP) is -0.524. The normalized spacial score (nSPS) is 15.7. The van der Waals surface area contributed by atoms with Crippen molar-refractivity contribution >= 4 is 10.0 Å². The molecule has 0 fully saturated rings. The van der Waals surface area contributed by atoms with Gasteiger partial charge >= 0.3 is 0 Å². The van der Waals surface area contributed by atoms with E-state index < -0.39 is 15.6 Å². The smallest absolute Gasteiger partial charge is 0.257 e. The predicted molar refractivity (Wildman–Crippen MR) is 60.9 cm³/mol. The van der Waals surface area contributed by atoms with E-state index in [1.54, 1.807) is 6.92 Å². The Labute approximate surface area is 100 Å². The number of methoxy groups -OCH3 is 1. The molecule has 0 radical (unpaired) electrons. The molecule has 1 rings (SSSR count). The first-order chi connectivity index (χ1) is 7.87. The zero-order valence-electron chi connectivity index (χ0n) is 9.80. The molecule has 8 heteroatoms. The highest BCUT2D eigenvalue weighted by molar-refractivity contribution is 7.89. The highest BCUT2D eigenvalue weighted by atomic mass is 32.2. The van der Waals surface area contributed by atoms with Crippen molar-refractivity contribution in [1.82, 2.24) is 14.9 Å². The second kappa shape index (κ2) is 5.58. The van der Waals surface area contributed by atoms with Crippen molar-refractivity contribution in [3.8, 4) is 0 Å². The molecule has 0 saturated carbocycles. The molecule has 0 aliphatic carbocycles. The summed E-state index contributed by atoms with van der Waals surface area (Å²) < 4.78 is 30.5. The fourth-order valence-electron chi connectivity index (χ4n) is 1.13. The number of rotatable bonds is 7. The van der Waals surface area contributed by atoms with Crippen LogP contribution in [0.15, 0.2) is 17.3 Å². The summed E-state index contributed by atoms with van der Waals surface area (Å²) in [6.45, 7) is 1.82. The summed E-state index contributed by atoms with van der Waals surface area (Å²) in [5.74, 6) is 0. The summed E-state index contributed by atoms with van der Waals surface area (Å²) in [6.07, 6.45) is 1.69. The fourth-order valence-corrected chi connectivity index (χ4v) is 2.20. The third kappa shape index (κ3) is 4.43. The van der Waals surface area contributed by atoms with Gasteiger partial charge in [-0.2, -0.15) is 5.10 Å². The number of aliphatic hydroxyl groups is 1. The van der Waals surface area contributed by atoms with E-state index in [9.17, 15) is 13.5 Å². The second-order valence-corrected chi connectivity index (χ2v) is 5.72. The summed E-state index contributed by atoms with van der Waals surface area (Å²) in [5, 5.41) is 15.8. The zero-order valence-corrected chi connectivity index (χ0v) is 10.6. The Bertz CT molecular complexity index is 427. The Morgan fingerprint density at radius 2 is 2.35 bits per heavy atom. The van der Waals surface area contributed by atoms with E-state index in [0.29, 0.717) is 13.0 Å². The number of aromatic amines is 1. The third-order valence-corrected chi connectivity index (χ3v) is 3.58. The number of nitrogens with one attached hydrogen (secondary N) is 2. The Balaban J connectivity index is 2.56. The second-order valence-electron chi connectivity index (χ2n) is 3.99. The summed E-state index contributed by atoms with van der Waals surface area (Å²) in [7, 11) is -2.13. The lowest BCUT2D eigenvalue weighted by Gasteiger charge is -2.22. The molecule has 0 spiro atoms. The topological polar surface area (TPSA) is 104 Å². The van der Waals surface area contributed by atoms with Crippen molar-refractivity contribution < 1.29 is 18.3 Å². The van der Waals surface area contributed by atoms with Crippen LogP contribution in [0, 0.1) is 0 Å². The number of hydrogen-bond acceptors (Lipinski definition) is 5. The molecule has 98 valence electrons. The van der Waals surface area contributed by atoms with E-state index in [1.807, 2.05) is 0 Å². The number of hydrogen-bond donors (Lipinski definition) is 3. The van der Waals surface area contributed by atoms with Gasteiger partial charge in [-0.1, -0.05) is 0 Å². The van der Waals surface area contributed by atoms with Crippen LogP contribution in [0.3, 0.4) is 0 Å². The Hall–Kier alpha value is -0.960. The third-order valence-electron chi connectivity index (χ3n) is 2.25. The van der Waals surface area contributed by atoms with E-state index >= 15 is 0 Å². The Morgan fingerprint density at radius 3 is 2.88 bits per heavy atom. The molecule has 1 aromatic heterocycles. The van der Waals surface area contributed by atoms with Gasteiger partial charge in [-0.25, -0.2) is 13.1 Å². The molecule has 0 bridgehead atoms. The zero-order chi connectivity index (χ0) is 12.9. The summed E-state index contributed by atoms with van der Waals surface area (Å²) >= 11 is 0. The van der Waals surface area contributed by atoms with Crippen LogP contribution in [0.25, 0.3) is 0 Å². The van der Waals surface area contributed by atoms with Gasteiger partial charge < -0.3 is 9.84 Å². The van der Waals surface area contributed by atoms with Crippen LogP contribution in [0.2, 0.25) is 0 Å². The first-order valence-corrected chi connectivity index (χ1v) is 6.56. The van der Waals surface area contributed by atoms with Gasteiger partial charge in [0.15, 0.2) is 5.03 Å². The molecule has 0 saturated heterocycles. The maximum Gasteiger partial charge on any atom is 0.257 e. The summed E-state index contributed by atoms with van der Waals surface area (Å²) in [4.78, 5) is 0. The van der Waals surface area contributed by atoms with Gasteiger partial charge in [0.1, 0.15) is 0 Å². The molecular weight excluding hydrogens is 246 g/mol. The SMILES string of the molecule is COCCC(C)(O)CNS(=O)(=O)c1ccn[nH]1. The van der Waals surface area contributed by atoms with Gasteiger partial charge in [0.05, 0.1) is 11.8 Å². The minimum Gasteiger partial charge on any atom is -0.389 e. The number of aromatic nitrogens is 2. The van der Waals surface area contributed by atoms with Crippen LogP contribution in [0.4, 0.5) is 0 Å². The first kappa shape index (κ1) is 14.1. The van der Waals surface area contributed by atoms with Gasteiger partial charge in [0.2, 0.25) is 0 Å². The molecule has 3 N–H and O–H groups in total. The van der Waals surface area contributed by atoms with Gasteiger partial charge in [-0.15, -0.1) is 0 Å². The van der Waals surface area contributed by atoms with E-state index in [4.69, 9.17) is 4.74 Å². The number of sulfonamides is 1. The first-order valence-electron chi connectivity index (χ1n) is 5.08. The summed E-state index contributed by atoms with van der Waals surface area (Å²) in [5.41, 5.74) is -1.15. The molecule has 1 atom stereocenters. The van der Waals surface area contributed by atoms with Crippen molar-refractivity contribution in [2.45, 2.75) is 24.0 Å². The quantitative estimate of drug-likeness (QED) is 0.614. The van der Waals surface area contributed by atoms with E-state index in [2.05, 4.69) is 14.9 Å². The standard InChI is InChI=1S/C9H17N3O4S/c1-9(13,4-6-16-2)7-11-17(14,15)8-3-5-10-12-8/h3,5,11,13H,4,6-7H2,1-2H3,(H,10,12). The van der Waals surface area contributed by atoms with Gasteiger partial charge in [0, 0.05) is 26.7 Å². The number of nitrogens with zero attached hydrogens (tertiary/aromatic N) is 1. The molecule has 1 aromatic rings. The van der Waals surface area contributed by atoms with Crippen LogP contribution in [0.1, 0.15) is 13.3 Å². The molecular formula is C9H17N3O4S. The molecule has 17 heavy (non-hydrogen) atoms. The van der Waals surface area contributed by atoms with Crippen molar-refractivity contribution in [3.05, 3.63) is 12.3 Å². The minimum atomic E-state index is -3.64. The molecule has 1 unspecified atom stereocenters. The molecule has 0 aromatic carbocycles. The van der Waals surface area contributed by atoms with Crippen molar-refractivity contribution in [3.63, 3.8) is 0 Å². The van der Waals surface area contributed by atoms with Gasteiger partial charge in [-0.05, 0) is 13.0 Å². The van der Waals surface area contributed by atoms with Crippen LogP contribution >= 0.6 is 0 Å². The monoisotopic (exact) mass is 263 g/mol. The van der Waals surface area contributed by atoms with Gasteiger partial charge in [-0.3, -0.25) is 5.10 Å². The molecule has 0 aliphatic rings. The van der Waals surface area contributed by atoms with Crippen LogP contribution in [-0.4, -0.2) is 49.6 Å². The molecule has 0 amide bonds. The highest BCUT2D eigenvalue weighted by Crippen LogP contribution is 2.10. The van der Waals surface area contributed by atoms with Crippen molar-refractivity contribution in [1.29, 1.82) is 0 Å². The van der Waals surface area contributed by atoms with E-state index in [1.165, 1.54) is 19.4 Å². The van der Waals surface area contributed by atoms with Crippen LogP contribution in [-0.2, 0) is 14.8 Å². The average Bonchev–Trinajstić information content (AvgIpc) is 2.78. The van der Waals surface area contributed by atoms with E-state index in [0.717, 1.165) is 0 Å². The lowest BCUT2D eigenvalue weighted by Crippen LogP contribution is -2.41. The largest absolute Gasteiger partial charge is 0.389 e. The fraction of sp³-hybridized carbons (Fsp3) is 0.667. The van der Waals surface area contributed by atoms with Crippen LogP contribution < -0.4 is 4.72 Å². The molecule has 1 heterocycles. The number of H-pyrrole nitrogens is 1. The molecule has 0 aliphatic heterocycles. The lowest BCUT2D eigenvalue weighted by atomic mass is 10.0. The molecule has 7 nitrogen and oxygen atoms in total. The highest BCUT2D eigenvalue weighted by Gasteiger charge is 2.24. The average molecular weight is 263 g/mol. The maximum atomic E-state index is 11.7. The minimum absolute atomic E-state index is 0.0277.